The molecule has 1 aromatic heterocycles. The molecule has 0 unspecified atom stereocenters. The number of nitrogen functional groups attached to an aromatic ring is 1. The summed E-state index contributed by atoms with van der Waals surface area (Å²) in [6.45, 7) is 3.96. The Morgan fingerprint density at radius 3 is 2.44 bits per heavy atom. The Labute approximate surface area is 155 Å². The van der Waals surface area contributed by atoms with Gasteiger partial charge in [0.25, 0.3) is 0 Å². The van der Waals surface area contributed by atoms with Crippen molar-refractivity contribution in [1.82, 2.24) is 0 Å². The average Bonchev–Trinajstić information content (AvgIpc) is 2.61. The lowest BCUT2D eigenvalue weighted by Gasteiger charge is -2.15. The van der Waals surface area contributed by atoms with E-state index in [-0.39, 0.29) is 28.4 Å². The van der Waals surface area contributed by atoms with Crippen LogP contribution in [0.2, 0.25) is 0 Å². The van der Waals surface area contributed by atoms with Gasteiger partial charge in [0.1, 0.15) is 17.3 Å². The molecule has 0 radical (unpaired) electrons. The molecule has 0 aliphatic heterocycles. The fourth-order valence-electron chi connectivity index (χ4n) is 3.05. The maximum absolute atomic E-state index is 14.0. The van der Waals surface area contributed by atoms with Crippen LogP contribution in [0.1, 0.15) is 41.3 Å². The Morgan fingerprint density at radius 1 is 1.07 bits per heavy atom. The fraction of sp³-hybridized carbons (Fsp3) is 0.143. The Balaban J connectivity index is 2.19. The van der Waals surface area contributed by atoms with Crippen LogP contribution in [0.15, 0.2) is 54.7 Å². The Morgan fingerprint density at radius 2 is 1.78 bits per heavy atom. The summed E-state index contributed by atoms with van der Waals surface area (Å²) in [5.74, 6) is -2.36. The van der Waals surface area contributed by atoms with Gasteiger partial charge in [0.2, 0.25) is 5.69 Å². The van der Waals surface area contributed by atoms with Crippen molar-refractivity contribution in [3.05, 3.63) is 88.3 Å². The first-order valence-electron chi connectivity index (χ1n) is 8.42. The van der Waals surface area contributed by atoms with E-state index in [4.69, 9.17) is 5.73 Å². The van der Waals surface area contributed by atoms with Gasteiger partial charge < -0.3 is 10.9 Å². The van der Waals surface area contributed by atoms with Crippen molar-refractivity contribution in [2.75, 3.05) is 5.73 Å². The number of nitrogens with zero attached hydrogens (tertiary/aromatic N) is 1. The van der Waals surface area contributed by atoms with Crippen molar-refractivity contribution in [3.63, 3.8) is 0 Å². The molecular formula is C21H18F2N2O2. The van der Waals surface area contributed by atoms with E-state index < -0.39 is 17.4 Å². The summed E-state index contributed by atoms with van der Waals surface area (Å²) < 4.78 is 27.7. The molecule has 0 fully saturated rings. The minimum absolute atomic E-state index is 0.0128. The molecule has 3 rings (SSSR count). The van der Waals surface area contributed by atoms with E-state index in [2.05, 4.69) is 0 Å². The number of aromatic nitrogens is 1. The number of nitrogens with two attached hydrogens (primary N) is 1. The first-order chi connectivity index (χ1) is 12.8. The van der Waals surface area contributed by atoms with Gasteiger partial charge in [-0.3, -0.25) is 4.79 Å². The number of carbonyl (C=O) groups excluding carboxylic acids is 1. The summed E-state index contributed by atoms with van der Waals surface area (Å²) >= 11 is 0. The highest BCUT2D eigenvalue weighted by Crippen LogP contribution is 2.32. The topological polar surface area (TPSA) is 70.0 Å². The molecule has 2 aromatic carbocycles. The fourth-order valence-corrected chi connectivity index (χ4v) is 3.05. The quantitative estimate of drug-likeness (QED) is 0.426. The second-order valence-corrected chi connectivity index (χ2v) is 6.51. The van der Waals surface area contributed by atoms with Gasteiger partial charge in [-0.2, -0.15) is 4.73 Å². The normalized spacial score (nSPS) is 11.0. The lowest BCUT2D eigenvalue weighted by atomic mass is 9.92. The van der Waals surface area contributed by atoms with Gasteiger partial charge in [-0.15, -0.1) is 0 Å². The van der Waals surface area contributed by atoms with Crippen LogP contribution in [0.4, 0.5) is 14.5 Å². The molecule has 0 aliphatic carbocycles. The van der Waals surface area contributed by atoms with Crippen molar-refractivity contribution in [2.24, 2.45) is 0 Å². The van der Waals surface area contributed by atoms with E-state index >= 15 is 0 Å². The molecule has 27 heavy (non-hydrogen) atoms. The van der Waals surface area contributed by atoms with Crippen LogP contribution in [0.25, 0.3) is 11.3 Å². The standard InChI is InChI=1S/C21H18F2N2O2/c1-12(2)14-5-3-4-6-15(14)20-19(24)17(9-10-25(20)27)21(26)16-8-7-13(22)11-18(16)23/h3-12H,24H2,1-2H3. The van der Waals surface area contributed by atoms with Crippen molar-refractivity contribution in [1.29, 1.82) is 0 Å². The third kappa shape index (κ3) is 3.38. The van der Waals surface area contributed by atoms with E-state index in [1.54, 1.807) is 12.1 Å². The van der Waals surface area contributed by atoms with E-state index in [0.29, 0.717) is 16.4 Å². The van der Waals surface area contributed by atoms with Crippen LogP contribution >= 0.6 is 0 Å². The summed E-state index contributed by atoms with van der Waals surface area (Å²) in [6.07, 6.45) is 1.16. The summed E-state index contributed by atoms with van der Waals surface area (Å²) in [7, 11) is 0. The molecule has 3 aromatic rings. The van der Waals surface area contributed by atoms with Crippen molar-refractivity contribution < 1.29 is 18.3 Å². The number of rotatable bonds is 4. The number of hydrogen-bond acceptors (Lipinski definition) is 3. The number of ketones is 1. The summed E-state index contributed by atoms with van der Waals surface area (Å²) in [4.78, 5) is 12.8. The van der Waals surface area contributed by atoms with Crippen LogP contribution in [0.5, 0.6) is 0 Å². The molecule has 0 bridgehead atoms. The molecule has 1 heterocycles. The summed E-state index contributed by atoms with van der Waals surface area (Å²) in [6, 6.07) is 11.2. The van der Waals surface area contributed by atoms with E-state index in [0.717, 1.165) is 23.9 Å². The van der Waals surface area contributed by atoms with E-state index in [1.807, 2.05) is 26.0 Å². The number of anilines is 1. The van der Waals surface area contributed by atoms with Crippen LogP contribution in [0, 0.1) is 16.8 Å². The zero-order valence-electron chi connectivity index (χ0n) is 14.9. The van der Waals surface area contributed by atoms with E-state index in [9.17, 15) is 18.8 Å². The second-order valence-electron chi connectivity index (χ2n) is 6.51. The third-order valence-corrected chi connectivity index (χ3v) is 4.40. The minimum Gasteiger partial charge on any atom is -0.618 e. The molecule has 0 aliphatic rings. The van der Waals surface area contributed by atoms with Crippen LogP contribution in [-0.2, 0) is 0 Å². The van der Waals surface area contributed by atoms with E-state index in [1.165, 1.54) is 6.07 Å². The molecule has 0 spiro atoms. The number of halogens is 2. The zero-order chi connectivity index (χ0) is 19.7. The first-order valence-corrected chi connectivity index (χ1v) is 8.42. The molecule has 138 valence electrons. The van der Waals surface area contributed by atoms with Crippen molar-refractivity contribution >= 4 is 11.5 Å². The number of hydrogen-bond donors (Lipinski definition) is 1. The summed E-state index contributed by atoms with van der Waals surface area (Å²) in [5, 5.41) is 12.4. The molecule has 0 saturated carbocycles. The highest BCUT2D eigenvalue weighted by Gasteiger charge is 2.25. The SMILES string of the molecule is CC(C)c1ccccc1-c1c(N)c(C(=O)c2ccc(F)cc2F)cc[n+]1[O-]. The molecule has 2 N–H and O–H groups in total. The Bertz CT molecular complexity index is 1030. The highest BCUT2D eigenvalue weighted by molar-refractivity contribution is 6.13. The first kappa shape index (κ1) is 18.5. The maximum atomic E-state index is 14.0. The molecular weight excluding hydrogens is 350 g/mol. The lowest BCUT2D eigenvalue weighted by molar-refractivity contribution is -0.593. The van der Waals surface area contributed by atoms with Gasteiger partial charge in [0.15, 0.2) is 12.0 Å². The molecule has 0 atom stereocenters. The summed E-state index contributed by atoms with van der Waals surface area (Å²) in [5.41, 5.74) is 7.43. The largest absolute Gasteiger partial charge is 0.618 e. The molecule has 6 heteroatoms. The van der Waals surface area contributed by atoms with Crippen LogP contribution in [0.3, 0.4) is 0 Å². The second kappa shape index (κ2) is 7.15. The molecule has 0 amide bonds. The van der Waals surface area contributed by atoms with Gasteiger partial charge in [0, 0.05) is 12.1 Å². The number of benzene rings is 2. The van der Waals surface area contributed by atoms with Crippen molar-refractivity contribution in [2.45, 2.75) is 19.8 Å². The third-order valence-electron chi connectivity index (χ3n) is 4.40. The average molecular weight is 368 g/mol. The smallest absolute Gasteiger partial charge is 0.247 e. The monoisotopic (exact) mass is 368 g/mol. The van der Waals surface area contributed by atoms with Gasteiger partial charge in [-0.05, 0) is 29.7 Å². The van der Waals surface area contributed by atoms with Gasteiger partial charge >= 0.3 is 0 Å². The number of carbonyl (C=O) groups is 1. The lowest BCUT2D eigenvalue weighted by Crippen LogP contribution is -2.31. The highest BCUT2D eigenvalue weighted by atomic mass is 19.1. The van der Waals surface area contributed by atoms with Gasteiger partial charge in [-0.25, -0.2) is 8.78 Å². The molecule has 0 saturated heterocycles. The van der Waals surface area contributed by atoms with Gasteiger partial charge in [0.05, 0.1) is 16.7 Å². The maximum Gasteiger partial charge on any atom is 0.247 e. The van der Waals surface area contributed by atoms with Gasteiger partial charge in [-0.1, -0.05) is 32.0 Å². The minimum atomic E-state index is -0.984. The predicted octanol–water partition coefficient (Wildman–Crippen LogP) is 4.20. The Hall–Kier alpha value is -3.28. The number of pyridine rings is 1. The Kier molecular flexibility index (Phi) is 4.90. The van der Waals surface area contributed by atoms with Crippen LogP contribution < -0.4 is 10.5 Å². The zero-order valence-corrected chi connectivity index (χ0v) is 14.9. The molecule has 4 nitrogen and oxygen atoms in total. The van der Waals surface area contributed by atoms with Crippen LogP contribution in [-0.4, -0.2) is 5.78 Å². The van der Waals surface area contributed by atoms with Crippen molar-refractivity contribution in [3.8, 4) is 11.3 Å². The predicted molar refractivity (Wildman–Crippen MR) is 99.1 cm³/mol.